The second-order valence-corrected chi connectivity index (χ2v) is 6.00. The van der Waals surface area contributed by atoms with Crippen LogP contribution >= 0.6 is 23.7 Å². The van der Waals surface area contributed by atoms with Gasteiger partial charge in [-0.1, -0.05) is 0 Å². The molecule has 3 rings (SSSR count). The summed E-state index contributed by atoms with van der Waals surface area (Å²) in [6.07, 6.45) is 3.44. The molecule has 0 bridgehead atoms. The molecule has 18 heavy (non-hydrogen) atoms. The second kappa shape index (κ2) is 5.59. The summed E-state index contributed by atoms with van der Waals surface area (Å²) in [7, 11) is 0. The number of piperidine rings is 1. The Balaban J connectivity index is 0.00000120. The Labute approximate surface area is 118 Å². The Hall–Kier alpha value is -0.580. The first-order valence-electron chi connectivity index (χ1n) is 6.30. The number of carbonyl (C=O) groups is 1. The number of thiophene rings is 1. The first kappa shape index (κ1) is 13.8. The zero-order chi connectivity index (χ0) is 11.7. The third-order valence-electron chi connectivity index (χ3n) is 4.15. The molecule has 3 nitrogen and oxygen atoms in total. The highest BCUT2D eigenvalue weighted by Gasteiger charge is 2.57. The fraction of sp³-hybridized carbons (Fsp3) is 0.615. The van der Waals surface area contributed by atoms with E-state index in [1.165, 1.54) is 18.4 Å². The summed E-state index contributed by atoms with van der Waals surface area (Å²) < 4.78 is 0. The van der Waals surface area contributed by atoms with Crippen LogP contribution in [0.1, 0.15) is 24.8 Å². The molecule has 1 amide bonds. The predicted molar refractivity (Wildman–Crippen MR) is 76.1 cm³/mol. The van der Waals surface area contributed by atoms with Crippen molar-refractivity contribution in [2.24, 2.45) is 11.3 Å². The van der Waals surface area contributed by atoms with Crippen LogP contribution in [-0.2, 0) is 11.3 Å². The topological polar surface area (TPSA) is 41.1 Å². The molecule has 2 heterocycles. The quantitative estimate of drug-likeness (QED) is 0.894. The van der Waals surface area contributed by atoms with E-state index in [0.717, 1.165) is 19.5 Å². The van der Waals surface area contributed by atoms with E-state index in [0.29, 0.717) is 12.0 Å². The maximum absolute atomic E-state index is 12.0. The van der Waals surface area contributed by atoms with E-state index in [4.69, 9.17) is 0 Å². The number of hydrogen-bond acceptors (Lipinski definition) is 3. The third-order valence-corrected chi connectivity index (χ3v) is 4.88. The molecule has 2 aliphatic rings. The van der Waals surface area contributed by atoms with Crippen molar-refractivity contribution in [2.75, 3.05) is 13.1 Å². The normalized spacial score (nSPS) is 24.3. The number of nitrogens with one attached hydrogen (secondary N) is 2. The molecule has 1 aliphatic heterocycles. The van der Waals surface area contributed by atoms with Crippen LogP contribution in [0.4, 0.5) is 0 Å². The molecule has 0 radical (unpaired) electrons. The number of rotatable bonds is 3. The smallest absolute Gasteiger partial charge is 0.223 e. The lowest BCUT2D eigenvalue weighted by Crippen LogP contribution is -2.33. The van der Waals surface area contributed by atoms with E-state index in [9.17, 15) is 4.79 Å². The van der Waals surface area contributed by atoms with Gasteiger partial charge in [0.25, 0.3) is 0 Å². The average molecular weight is 287 g/mol. The summed E-state index contributed by atoms with van der Waals surface area (Å²) in [4.78, 5) is 12.0. The molecule has 2 N–H and O–H groups in total. The van der Waals surface area contributed by atoms with Crippen LogP contribution in [-0.4, -0.2) is 19.0 Å². The SMILES string of the molecule is Cl.O=C(NCc1ccsc1)C1CC12CCNCC2. The molecule has 5 heteroatoms. The molecule has 1 aromatic rings. The van der Waals surface area contributed by atoms with Gasteiger partial charge >= 0.3 is 0 Å². The Kier molecular flexibility index (Phi) is 4.30. The first-order chi connectivity index (χ1) is 8.30. The molecular weight excluding hydrogens is 268 g/mol. The van der Waals surface area contributed by atoms with Gasteiger partial charge in [-0.25, -0.2) is 0 Å². The lowest BCUT2D eigenvalue weighted by atomic mass is 9.92. The molecule has 1 saturated heterocycles. The highest BCUT2D eigenvalue weighted by molar-refractivity contribution is 7.07. The highest BCUT2D eigenvalue weighted by atomic mass is 35.5. The Morgan fingerprint density at radius 1 is 1.50 bits per heavy atom. The van der Waals surface area contributed by atoms with Gasteiger partial charge in [0.05, 0.1) is 0 Å². The third kappa shape index (κ3) is 2.71. The van der Waals surface area contributed by atoms with Crippen molar-refractivity contribution in [3.8, 4) is 0 Å². The van der Waals surface area contributed by atoms with Crippen molar-refractivity contribution in [3.05, 3.63) is 22.4 Å². The van der Waals surface area contributed by atoms with E-state index in [1.807, 2.05) is 5.38 Å². The Bertz CT molecular complexity index is 401. The van der Waals surface area contributed by atoms with Crippen LogP contribution in [0.25, 0.3) is 0 Å². The van der Waals surface area contributed by atoms with E-state index < -0.39 is 0 Å². The maximum atomic E-state index is 12.0. The van der Waals surface area contributed by atoms with Crippen molar-refractivity contribution < 1.29 is 4.79 Å². The molecule has 1 aliphatic carbocycles. The van der Waals surface area contributed by atoms with Gasteiger partial charge in [-0.05, 0) is 60.2 Å². The molecule has 1 unspecified atom stereocenters. The van der Waals surface area contributed by atoms with Crippen molar-refractivity contribution in [3.63, 3.8) is 0 Å². The van der Waals surface area contributed by atoms with E-state index in [2.05, 4.69) is 22.1 Å². The molecule has 2 fully saturated rings. The molecule has 1 spiro atoms. The minimum absolute atomic E-state index is 0. The number of carbonyl (C=O) groups excluding carboxylic acids is 1. The van der Waals surface area contributed by atoms with Gasteiger partial charge in [-0.15, -0.1) is 12.4 Å². The van der Waals surface area contributed by atoms with Gasteiger partial charge in [-0.3, -0.25) is 4.79 Å². The maximum Gasteiger partial charge on any atom is 0.223 e. The molecule has 100 valence electrons. The van der Waals surface area contributed by atoms with Gasteiger partial charge in [0, 0.05) is 12.5 Å². The largest absolute Gasteiger partial charge is 0.352 e. The van der Waals surface area contributed by atoms with Crippen molar-refractivity contribution in [1.82, 2.24) is 10.6 Å². The van der Waals surface area contributed by atoms with Crippen LogP contribution in [0, 0.1) is 11.3 Å². The van der Waals surface area contributed by atoms with Gasteiger partial charge in [0.2, 0.25) is 5.91 Å². The van der Waals surface area contributed by atoms with Gasteiger partial charge in [0.15, 0.2) is 0 Å². The van der Waals surface area contributed by atoms with Crippen LogP contribution in [0.5, 0.6) is 0 Å². The average Bonchev–Trinajstić information content (AvgIpc) is 2.82. The fourth-order valence-electron chi connectivity index (χ4n) is 2.90. The predicted octanol–water partition coefficient (Wildman–Crippen LogP) is 2.18. The number of halogens is 1. The molecule has 1 atom stereocenters. The summed E-state index contributed by atoms with van der Waals surface area (Å²) in [5.74, 6) is 0.543. The number of amides is 1. The van der Waals surface area contributed by atoms with E-state index in [1.54, 1.807) is 11.3 Å². The molecule has 1 aromatic heterocycles. The monoisotopic (exact) mass is 286 g/mol. The van der Waals surface area contributed by atoms with Crippen molar-refractivity contribution >= 4 is 29.7 Å². The van der Waals surface area contributed by atoms with Gasteiger partial charge < -0.3 is 10.6 Å². The van der Waals surface area contributed by atoms with Crippen LogP contribution in [0.15, 0.2) is 16.8 Å². The standard InChI is InChI=1S/C13H18N2OS.ClH/c16-12(15-8-10-1-6-17-9-10)11-7-13(11)2-4-14-5-3-13;/h1,6,9,11,14H,2-5,7-8H2,(H,15,16);1H. The van der Waals surface area contributed by atoms with Crippen LogP contribution in [0.2, 0.25) is 0 Å². The summed E-state index contributed by atoms with van der Waals surface area (Å²) >= 11 is 1.68. The van der Waals surface area contributed by atoms with Crippen LogP contribution in [0.3, 0.4) is 0 Å². The van der Waals surface area contributed by atoms with Crippen LogP contribution < -0.4 is 10.6 Å². The van der Waals surface area contributed by atoms with E-state index in [-0.39, 0.29) is 24.2 Å². The minimum Gasteiger partial charge on any atom is -0.352 e. The minimum atomic E-state index is 0. The Morgan fingerprint density at radius 2 is 2.28 bits per heavy atom. The molecular formula is C13H19ClN2OS. The highest BCUT2D eigenvalue weighted by Crippen LogP contribution is 2.58. The zero-order valence-corrected chi connectivity index (χ0v) is 11.9. The molecule has 1 saturated carbocycles. The summed E-state index contributed by atoms with van der Waals surface area (Å²) in [6, 6.07) is 2.07. The Morgan fingerprint density at radius 3 is 2.94 bits per heavy atom. The zero-order valence-electron chi connectivity index (χ0n) is 10.3. The number of hydrogen-bond donors (Lipinski definition) is 2. The van der Waals surface area contributed by atoms with Crippen molar-refractivity contribution in [2.45, 2.75) is 25.8 Å². The lowest BCUT2D eigenvalue weighted by Gasteiger charge is -2.23. The summed E-state index contributed by atoms with van der Waals surface area (Å²) in [6.45, 7) is 2.84. The fourth-order valence-corrected chi connectivity index (χ4v) is 3.57. The van der Waals surface area contributed by atoms with Gasteiger partial charge in [0.1, 0.15) is 0 Å². The summed E-state index contributed by atoms with van der Waals surface area (Å²) in [5.41, 5.74) is 1.56. The lowest BCUT2D eigenvalue weighted by molar-refractivity contribution is -0.123. The van der Waals surface area contributed by atoms with Crippen molar-refractivity contribution in [1.29, 1.82) is 0 Å². The summed E-state index contributed by atoms with van der Waals surface area (Å²) in [5, 5.41) is 10.6. The molecule has 0 aromatic carbocycles. The van der Waals surface area contributed by atoms with Gasteiger partial charge in [-0.2, -0.15) is 11.3 Å². The first-order valence-corrected chi connectivity index (χ1v) is 7.24. The van der Waals surface area contributed by atoms with E-state index >= 15 is 0 Å². The second-order valence-electron chi connectivity index (χ2n) is 5.22.